The topological polar surface area (TPSA) is 21.1 Å². The predicted molar refractivity (Wildman–Crippen MR) is 175 cm³/mol. The molecule has 1 aliphatic heterocycles. The second-order valence-electron chi connectivity index (χ2n) is 10.9. The summed E-state index contributed by atoms with van der Waals surface area (Å²) in [4.78, 5) is 6.98. The van der Waals surface area contributed by atoms with E-state index >= 15 is 0 Å². The molecule has 0 atom stereocenters. The molecule has 3 nitrogen and oxygen atoms in total. The van der Waals surface area contributed by atoms with Crippen molar-refractivity contribution in [1.82, 2.24) is 9.55 Å². The molecule has 0 saturated carbocycles. The molecule has 196 valence electrons. The van der Waals surface area contributed by atoms with E-state index in [1.54, 1.807) is 0 Å². The Morgan fingerprint density at radius 2 is 1.19 bits per heavy atom. The lowest BCUT2D eigenvalue weighted by atomic mass is 9.88. The van der Waals surface area contributed by atoms with Crippen LogP contribution in [0, 0.1) is 0 Å². The van der Waals surface area contributed by atoms with E-state index in [0.717, 1.165) is 22.6 Å². The summed E-state index contributed by atoms with van der Waals surface area (Å²) in [5.74, 6) is 0. The number of pyridine rings is 1. The lowest BCUT2D eigenvalue weighted by Crippen LogP contribution is -2.15. The average molecular weight is 536 g/mol. The van der Waals surface area contributed by atoms with Gasteiger partial charge in [0.15, 0.2) is 0 Å². The molecule has 3 heteroatoms. The highest BCUT2D eigenvalue weighted by Gasteiger charge is 2.27. The van der Waals surface area contributed by atoms with E-state index in [9.17, 15) is 0 Å². The summed E-state index contributed by atoms with van der Waals surface area (Å²) in [6, 6.07) is 50.3. The van der Waals surface area contributed by atoms with Gasteiger partial charge in [-0.3, -0.25) is 4.98 Å². The van der Waals surface area contributed by atoms with Crippen molar-refractivity contribution >= 4 is 49.6 Å². The van der Waals surface area contributed by atoms with Crippen molar-refractivity contribution < 1.29 is 0 Å². The SMILES string of the molecule is c1ccc(-c2cc3c4c(cccc4c2)N(c2cccc(-n4c5ccccc5c5ccccc54)c2)c2ccncc2-3)cc1. The van der Waals surface area contributed by atoms with Gasteiger partial charge in [-0.2, -0.15) is 0 Å². The second-order valence-corrected chi connectivity index (χ2v) is 10.9. The molecule has 2 aromatic heterocycles. The number of para-hydroxylation sites is 2. The number of aromatic nitrogens is 2. The Labute approximate surface area is 243 Å². The van der Waals surface area contributed by atoms with Crippen LogP contribution in [0.25, 0.3) is 60.5 Å². The minimum absolute atomic E-state index is 1.12. The van der Waals surface area contributed by atoms with Gasteiger partial charge in [0.1, 0.15) is 0 Å². The summed E-state index contributed by atoms with van der Waals surface area (Å²) in [6.45, 7) is 0. The van der Waals surface area contributed by atoms with Gasteiger partial charge in [0.05, 0.1) is 22.4 Å². The van der Waals surface area contributed by atoms with Gasteiger partial charge >= 0.3 is 0 Å². The molecule has 1 aliphatic rings. The molecule has 0 N–H and O–H groups in total. The van der Waals surface area contributed by atoms with Gasteiger partial charge in [-0.25, -0.2) is 0 Å². The molecule has 0 saturated heterocycles. The second kappa shape index (κ2) is 8.92. The van der Waals surface area contributed by atoms with Crippen LogP contribution in [0.5, 0.6) is 0 Å². The minimum atomic E-state index is 1.12. The number of rotatable bonds is 3. The Balaban J connectivity index is 1.29. The maximum Gasteiger partial charge on any atom is 0.0571 e. The zero-order chi connectivity index (χ0) is 27.6. The number of fused-ring (bicyclic) bond motifs is 5. The van der Waals surface area contributed by atoms with E-state index in [1.807, 2.05) is 12.4 Å². The molecule has 42 heavy (non-hydrogen) atoms. The molecule has 0 amide bonds. The van der Waals surface area contributed by atoms with Crippen molar-refractivity contribution in [2.45, 2.75) is 0 Å². The minimum Gasteiger partial charge on any atom is -0.309 e. The van der Waals surface area contributed by atoms with Crippen molar-refractivity contribution in [3.05, 3.63) is 152 Å². The molecule has 0 radical (unpaired) electrons. The van der Waals surface area contributed by atoms with Gasteiger partial charge in [0.25, 0.3) is 0 Å². The van der Waals surface area contributed by atoms with E-state index in [-0.39, 0.29) is 0 Å². The highest BCUT2D eigenvalue weighted by atomic mass is 15.2. The molecule has 6 aromatic carbocycles. The van der Waals surface area contributed by atoms with Crippen LogP contribution in [0.15, 0.2) is 152 Å². The highest BCUT2D eigenvalue weighted by molar-refractivity contribution is 6.15. The Morgan fingerprint density at radius 3 is 2.00 bits per heavy atom. The third-order valence-electron chi connectivity index (χ3n) is 8.56. The molecule has 9 rings (SSSR count). The first-order valence-corrected chi connectivity index (χ1v) is 14.3. The van der Waals surface area contributed by atoms with E-state index < -0.39 is 0 Å². The van der Waals surface area contributed by atoms with Crippen LogP contribution in [0.3, 0.4) is 0 Å². The van der Waals surface area contributed by atoms with Gasteiger partial charge in [-0.05, 0) is 76.7 Å². The Bertz CT molecular complexity index is 2260. The molecular weight excluding hydrogens is 510 g/mol. The Kier molecular flexibility index (Phi) is 4.90. The quantitative estimate of drug-likeness (QED) is 0.224. The first-order chi connectivity index (χ1) is 20.8. The molecule has 8 aromatic rings. The summed E-state index contributed by atoms with van der Waals surface area (Å²) in [5, 5.41) is 5.00. The maximum absolute atomic E-state index is 4.58. The van der Waals surface area contributed by atoms with Crippen molar-refractivity contribution in [3.63, 3.8) is 0 Å². The Morgan fingerprint density at radius 1 is 0.476 bits per heavy atom. The molecule has 3 heterocycles. The Hall–Kier alpha value is -5.67. The number of hydrogen-bond acceptors (Lipinski definition) is 2. The summed E-state index contributed by atoms with van der Waals surface area (Å²) >= 11 is 0. The van der Waals surface area contributed by atoms with Crippen LogP contribution in [-0.2, 0) is 0 Å². The zero-order valence-electron chi connectivity index (χ0n) is 22.8. The van der Waals surface area contributed by atoms with E-state index in [0.29, 0.717) is 0 Å². The number of anilines is 3. The molecular formula is C39H25N3. The van der Waals surface area contributed by atoms with Crippen LogP contribution < -0.4 is 4.90 Å². The lowest BCUT2D eigenvalue weighted by molar-refractivity contribution is 1.17. The largest absolute Gasteiger partial charge is 0.309 e. The van der Waals surface area contributed by atoms with Gasteiger partial charge in [0.2, 0.25) is 0 Å². The first kappa shape index (κ1) is 23.1. The number of nitrogens with zero attached hydrogens (tertiary/aromatic N) is 3. The molecule has 0 aliphatic carbocycles. The molecule has 0 unspecified atom stereocenters. The van der Waals surface area contributed by atoms with Crippen molar-refractivity contribution in [3.8, 4) is 27.9 Å². The average Bonchev–Trinajstić information content (AvgIpc) is 3.40. The molecule has 0 spiro atoms. The van der Waals surface area contributed by atoms with E-state index in [4.69, 9.17) is 0 Å². The fraction of sp³-hybridized carbons (Fsp3) is 0. The summed E-state index contributed by atoms with van der Waals surface area (Å²) in [7, 11) is 0. The first-order valence-electron chi connectivity index (χ1n) is 14.3. The van der Waals surface area contributed by atoms with Crippen LogP contribution in [-0.4, -0.2) is 9.55 Å². The smallest absolute Gasteiger partial charge is 0.0571 e. The number of benzene rings is 6. The zero-order valence-corrected chi connectivity index (χ0v) is 22.8. The third kappa shape index (κ3) is 3.31. The standard InChI is InChI=1S/C39H25N3/c1-2-10-26(11-3-1)28-22-27-12-8-19-38-39(27)33(23-28)34-25-40-21-20-37(34)42(38)30-14-9-13-29(24-30)41-35-17-6-4-15-31(35)32-16-5-7-18-36(32)41/h1-25H. The van der Waals surface area contributed by atoms with Crippen LogP contribution in [0.1, 0.15) is 0 Å². The lowest BCUT2D eigenvalue weighted by Gasteiger charge is -2.33. The van der Waals surface area contributed by atoms with Crippen molar-refractivity contribution in [2.75, 3.05) is 4.90 Å². The van der Waals surface area contributed by atoms with Crippen molar-refractivity contribution in [2.24, 2.45) is 0 Å². The van der Waals surface area contributed by atoms with Crippen LogP contribution >= 0.6 is 0 Å². The van der Waals surface area contributed by atoms with Gasteiger partial charge < -0.3 is 9.47 Å². The fourth-order valence-electron chi connectivity index (χ4n) is 6.77. The van der Waals surface area contributed by atoms with Crippen molar-refractivity contribution in [1.29, 1.82) is 0 Å². The van der Waals surface area contributed by atoms with Crippen LogP contribution in [0.4, 0.5) is 17.1 Å². The monoisotopic (exact) mass is 535 g/mol. The maximum atomic E-state index is 4.58. The third-order valence-corrected chi connectivity index (χ3v) is 8.56. The molecule has 0 bridgehead atoms. The van der Waals surface area contributed by atoms with Crippen LogP contribution in [0.2, 0.25) is 0 Å². The summed E-state index contributed by atoms with van der Waals surface area (Å²) in [6.07, 6.45) is 3.91. The van der Waals surface area contributed by atoms with E-state index in [2.05, 4.69) is 154 Å². The predicted octanol–water partition coefficient (Wildman–Crippen LogP) is 10.4. The summed E-state index contributed by atoms with van der Waals surface area (Å²) in [5.41, 5.74) is 11.8. The van der Waals surface area contributed by atoms with Gasteiger partial charge in [-0.15, -0.1) is 0 Å². The normalized spacial score (nSPS) is 12.2. The highest BCUT2D eigenvalue weighted by Crippen LogP contribution is 2.51. The molecule has 0 fully saturated rings. The summed E-state index contributed by atoms with van der Waals surface area (Å²) < 4.78 is 2.38. The van der Waals surface area contributed by atoms with Gasteiger partial charge in [0, 0.05) is 45.5 Å². The fourth-order valence-corrected chi connectivity index (χ4v) is 6.77. The van der Waals surface area contributed by atoms with E-state index in [1.165, 1.54) is 55.0 Å². The number of hydrogen-bond donors (Lipinski definition) is 0. The van der Waals surface area contributed by atoms with Gasteiger partial charge in [-0.1, -0.05) is 84.9 Å².